The molecule has 0 amide bonds. The first-order valence-electron chi connectivity index (χ1n) is 7.36. The second-order valence-electron chi connectivity index (χ2n) is 5.21. The monoisotopic (exact) mass is 309 g/mol. The summed E-state index contributed by atoms with van der Waals surface area (Å²) in [7, 11) is 1.83. The Morgan fingerprint density at radius 2 is 1.82 bits per heavy atom. The largest absolute Gasteiger partial charge is 0.366 e. The Labute approximate surface area is 135 Å². The minimum Gasteiger partial charge on any atom is -0.366 e. The lowest BCUT2D eigenvalue weighted by Gasteiger charge is -2.19. The number of nitrogens with one attached hydrogen (secondary N) is 3. The van der Waals surface area contributed by atoms with Gasteiger partial charge in [0.15, 0.2) is 5.11 Å². The van der Waals surface area contributed by atoms with Gasteiger partial charge in [0.05, 0.1) is 0 Å². The number of para-hydroxylation sites is 1. The Morgan fingerprint density at radius 3 is 2.59 bits per heavy atom. The molecule has 0 aliphatic heterocycles. The van der Waals surface area contributed by atoms with Crippen LogP contribution in [0.5, 0.6) is 0 Å². The van der Waals surface area contributed by atoms with Gasteiger partial charge in [-0.05, 0) is 29.4 Å². The molecule has 22 heavy (non-hydrogen) atoms. The Morgan fingerprint density at radius 1 is 1.09 bits per heavy atom. The molecule has 3 rings (SSSR count). The van der Waals surface area contributed by atoms with Crippen LogP contribution in [0.3, 0.4) is 0 Å². The van der Waals surface area contributed by atoms with E-state index in [4.69, 9.17) is 12.2 Å². The van der Waals surface area contributed by atoms with Crippen molar-refractivity contribution in [2.75, 3.05) is 13.6 Å². The number of rotatable bonds is 4. The average molecular weight is 309 g/mol. The first kappa shape index (κ1) is 14.6. The van der Waals surface area contributed by atoms with Gasteiger partial charge in [0.1, 0.15) is 0 Å². The molecule has 0 bridgehead atoms. The highest BCUT2D eigenvalue weighted by atomic mass is 32.1. The molecule has 0 radical (unpaired) electrons. The van der Waals surface area contributed by atoms with Crippen LogP contribution in [-0.4, -0.2) is 23.7 Å². The minimum atomic E-state index is 0.239. The van der Waals surface area contributed by atoms with E-state index in [1.54, 1.807) is 0 Å². The van der Waals surface area contributed by atoms with E-state index in [1.807, 2.05) is 13.1 Å². The van der Waals surface area contributed by atoms with Crippen LogP contribution in [-0.2, 0) is 0 Å². The molecule has 3 aromatic rings. The van der Waals surface area contributed by atoms with Gasteiger partial charge in [-0.3, -0.25) is 0 Å². The fourth-order valence-electron chi connectivity index (χ4n) is 2.76. The summed E-state index contributed by atoms with van der Waals surface area (Å²) in [5, 5.41) is 8.18. The summed E-state index contributed by atoms with van der Waals surface area (Å²) in [6, 6.07) is 18.9. The van der Waals surface area contributed by atoms with E-state index < -0.39 is 0 Å². The Hall–Kier alpha value is -2.33. The first-order valence-corrected chi connectivity index (χ1v) is 7.77. The molecule has 1 atom stereocenters. The standard InChI is InChI=1S/C18H19N3S/c1-19-18(22)21-11-15(13-7-3-2-4-8-13)16-12-20-17-10-6-5-9-14(16)17/h2-10,12,15,20H,11H2,1H3,(H2,19,21,22)/t15-/m1/s1. The highest BCUT2D eigenvalue weighted by Gasteiger charge is 2.18. The van der Waals surface area contributed by atoms with Gasteiger partial charge in [-0.15, -0.1) is 0 Å². The molecule has 2 aromatic carbocycles. The summed E-state index contributed by atoms with van der Waals surface area (Å²) in [6.07, 6.45) is 2.10. The Kier molecular flexibility index (Phi) is 4.39. The van der Waals surface area contributed by atoms with E-state index >= 15 is 0 Å². The van der Waals surface area contributed by atoms with Crippen LogP contribution in [0, 0.1) is 0 Å². The summed E-state index contributed by atoms with van der Waals surface area (Å²) < 4.78 is 0. The number of hydrogen-bond donors (Lipinski definition) is 3. The molecule has 0 spiro atoms. The van der Waals surface area contributed by atoms with E-state index in [-0.39, 0.29) is 5.92 Å². The Balaban J connectivity index is 1.99. The van der Waals surface area contributed by atoms with Gasteiger partial charge >= 0.3 is 0 Å². The van der Waals surface area contributed by atoms with Crippen LogP contribution in [0.1, 0.15) is 17.0 Å². The number of benzene rings is 2. The van der Waals surface area contributed by atoms with Gasteiger partial charge in [-0.2, -0.15) is 0 Å². The normalized spacial score (nSPS) is 12.0. The van der Waals surface area contributed by atoms with Crippen molar-refractivity contribution < 1.29 is 0 Å². The number of thiocarbonyl (C=S) groups is 1. The third-order valence-electron chi connectivity index (χ3n) is 3.89. The van der Waals surface area contributed by atoms with E-state index in [0.29, 0.717) is 5.11 Å². The van der Waals surface area contributed by atoms with Gasteiger partial charge in [0.2, 0.25) is 0 Å². The van der Waals surface area contributed by atoms with Crippen molar-refractivity contribution in [3.8, 4) is 0 Å². The van der Waals surface area contributed by atoms with Crippen molar-refractivity contribution in [3.63, 3.8) is 0 Å². The van der Waals surface area contributed by atoms with Crippen molar-refractivity contribution in [2.45, 2.75) is 5.92 Å². The lowest BCUT2D eigenvalue weighted by Crippen LogP contribution is -2.35. The third kappa shape index (κ3) is 2.97. The second-order valence-corrected chi connectivity index (χ2v) is 5.62. The highest BCUT2D eigenvalue weighted by molar-refractivity contribution is 7.80. The molecule has 0 saturated carbocycles. The number of aromatic nitrogens is 1. The predicted octanol–water partition coefficient (Wildman–Crippen LogP) is 3.39. The van der Waals surface area contributed by atoms with Gasteiger partial charge in [0, 0.05) is 36.6 Å². The van der Waals surface area contributed by atoms with Crippen LogP contribution in [0.25, 0.3) is 10.9 Å². The van der Waals surface area contributed by atoms with Gasteiger partial charge in [0.25, 0.3) is 0 Å². The molecule has 0 saturated heterocycles. The molecule has 0 fully saturated rings. The quantitative estimate of drug-likeness (QED) is 0.647. The maximum Gasteiger partial charge on any atom is 0.166 e. The van der Waals surface area contributed by atoms with Crippen molar-refractivity contribution >= 4 is 28.2 Å². The fourth-order valence-corrected chi connectivity index (χ4v) is 2.84. The van der Waals surface area contributed by atoms with Gasteiger partial charge in [-0.25, -0.2) is 0 Å². The third-order valence-corrected chi connectivity index (χ3v) is 4.24. The van der Waals surface area contributed by atoms with Crippen molar-refractivity contribution in [1.82, 2.24) is 15.6 Å². The first-order chi connectivity index (χ1) is 10.8. The molecular weight excluding hydrogens is 290 g/mol. The zero-order chi connectivity index (χ0) is 15.4. The molecule has 3 nitrogen and oxygen atoms in total. The predicted molar refractivity (Wildman–Crippen MR) is 96.2 cm³/mol. The molecule has 0 aliphatic carbocycles. The summed E-state index contributed by atoms with van der Waals surface area (Å²) in [5.41, 5.74) is 3.72. The van der Waals surface area contributed by atoms with Crippen LogP contribution >= 0.6 is 12.2 Å². The molecule has 1 heterocycles. The van der Waals surface area contributed by atoms with Crippen LogP contribution < -0.4 is 10.6 Å². The van der Waals surface area contributed by atoms with E-state index in [9.17, 15) is 0 Å². The SMILES string of the molecule is CNC(=S)NC[C@H](c1ccccc1)c1c[nH]c2ccccc12. The van der Waals surface area contributed by atoms with E-state index in [1.165, 1.54) is 16.5 Å². The van der Waals surface area contributed by atoms with E-state index in [0.717, 1.165) is 12.1 Å². The molecule has 1 aromatic heterocycles. The smallest absolute Gasteiger partial charge is 0.166 e. The van der Waals surface area contributed by atoms with Crippen molar-refractivity contribution in [3.05, 3.63) is 71.9 Å². The zero-order valence-electron chi connectivity index (χ0n) is 12.5. The summed E-state index contributed by atoms with van der Waals surface area (Å²) in [5.74, 6) is 0.239. The molecule has 3 N–H and O–H groups in total. The van der Waals surface area contributed by atoms with E-state index in [2.05, 4.69) is 70.3 Å². The number of H-pyrrole nitrogens is 1. The minimum absolute atomic E-state index is 0.239. The number of aromatic amines is 1. The van der Waals surface area contributed by atoms with Crippen molar-refractivity contribution in [1.29, 1.82) is 0 Å². The maximum atomic E-state index is 5.22. The molecule has 4 heteroatoms. The second kappa shape index (κ2) is 6.62. The highest BCUT2D eigenvalue weighted by Crippen LogP contribution is 2.30. The lowest BCUT2D eigenvalue weighted by atomic mass is 9.91. The van der Waals surface area contributed by atoms with Crippen LogP contribution in [0.15, 0.2) is 60.8 Å². The molecule has 0 unspecified atom stereocenters. The average Bonchev–Trinajstić information content (AvgIpc) is 3.00. The fraction of sp³-hybridized carbons (Fsp3) is 0.167. The molecule has 112 valence electrons. The molecule has 0 aliphatic rings. The topological polar surface area (TPSA) is 39.8 Å². The zero-order valence-corrected chi connectivity index (χ0v) is 13.3. The molecular formula is C18H19N3S. The number of fused-ring (bicyclic) bond motifs is 1. The summed E-state index contributed by atoms with van der Waals surface area (Å²) in [6.45, 7) is 0.755. The maximum absolute atomic E-state index is 5.22. The number of hydrogen-bond acceptors (Lipinski definition) is 1. The summed E-state index contributed by atoms with van der Waals surface area (Å²) >= 11 is 5.22. The Bertz CT molecular complexity index is 764. The lowest BCUT2D eigenvalue weighted by molar-refractivity contribution is 0.755. The van der Waals surface area contributed by atoms with Crippen LogP contribution in [0.2, 0.25) is 0 Å². The van der Waals surface area contributed by atoms with Gasteiger partial charge < -0.3 is 15.6 Å². The van der Waals surface area contributed by atoms with Crippen molar-refractivity contribution in [2.24, 2.45) is 0 Å². The van der Waals surface area contributed by atoms with Gasteiger partial charge in [-0.1, -0.05) is 48.5 Å². The van der Waals surface area contributed by atoms with Crippen LogP contribution in [0.4, 0.5) is 0 Å². The summed E-state index contributed by atoms with van der Waals surface area (Å²) in [4.78, 5) is 3.36.